The summed E-state index contributed by atoms with van der Waals surface area (Å²) in [5, 5.41) is 3.62. The fraction of sp³-hybridized carbons (Fsp3) is 0.417. The molecule has 4 heteroatoms. The van der Waals surface area contributed by atoms with Crippen LogP contribution < -0.4 is 10.2 Å². The molecule has 2 rings (SSSR count). The van der Waals surface area contributed by atoms with E-state index in [1.165, 1.54) is 0 Å². The van der Waals surface area contributed by atoms with E-state index in [0.29, 0.717) is 5.02 Å². The highest BCUT2D eigenvalue weighted by atomic mass is 35.5. The lowest BCUT2D eigenvalue weighted by atomic mass is 10.1. The first-order valence-electron chi connectivity index (χ1n) is 5.47. The van der Waals surface area contributed by atoms with E-state index in [4.69, 9.17) is 11.6 Å². The van der Waals surface area contributed by atoms with Crippen LogP contribution in [0.2, 0.25) is 5.02 Å². The summed E-state index contributed by atoms with van der Waals surface area (Å²) in [7, 11) is 0. The molecule has 3 nitrogen and oxygen atoms in total. The monoisotopic (exact) mass is 238 g/mol. The molecule has 0 bridgehead atoms. The molecule has 1 aromatic rings. The average molecular weight is 239 g/mol. The number of nitrogens with zero attached hydrogens (tertiary/aromatic N) is 1. The Labute approximate surface area is 100 Å². The molecule has 0 aliphatic carbocycles. The highest BCUT2D eigenvalue weighted by molar-refractivity contribution is 6.31. The predicted molar refractivity (Wildman–Crippen MR) is 67.1 cm³/mol. The van der Waals surface area contributed by atoms with Crippen LogP contribution in [0.5, 0.6) is 0 Å². The number of hydrogen-bond acceptors (Lipinski definition) is 2. The van der Waals surface area contributed by atoms with Crippen molar-refractivity contribution in [3.05, 3.63) is 23.2 Å². The Morgan fingerprint density at radius 1 is 1.56 bits per heavy atom. The number of halogens is 1. The molecular weight excluding hydrogens is 224 g/mol. The zero-order valence-electron chi connectivity index (χ0n) is 9.46. The van der Waals surface area contributed by atoms with E-state index in [1.807, 2.05) is 19.1 Å². The average Bonchev–Trinajstić information content (AvgIpc) is 2.38. The second kappa shape index (κ2) is 4.34. The highest BCUT2D eigenvalue weighted by Crippen LogP contribution is 2.32. The van der Waals surface area contributed by atoms with Crippen molar-refractivity contribution in [1.82, 2.24) is 0 Å². The van der Waals surface area contributed by atoms with Gasteiger partial charge in [0.1, 0.15) is 0 Å². The van der Waals surface area contributed by atoms with Gasteiger partial charge in [-0.15, -0.1) is 0 Å². The largest absolute Gasteiger partial charge is 0.369 e. The van der Waals surface area contributed by atoms with Crippen LogP contribution in [0.1, 0.15) is 13.8 Å². The van der Waals surface area contributed by atoms with Crippen LogP contribution >= 0.6 is 11.6 Å². The van der Waals surface area contributed by atoms with E-state index >= 15 is 0 Å². The Morgan fingerprint density at radius 3 is 3.00 bits per heavy atom. The van der Waals surface area contributed by atoms with Crippen molar-refractivity contribution in [1.29, 1.82) is 0 Å². The molecule has 86 valence electrons. The summed E-state index contributed by atoms with van der Waals surface area (Å²) in [6.45, 7) is 5.61. The van der Waals surface area contributed by atoms with E-state index in [2.05, 4.69) is 17.1 Å². The maximum Gasteiger partial charge on any atom is 0.229 e. The normalized spacial score (nSPS) is 20.1. The van der Waals surface area contributed by atoms with Crippen LogP contribution in [0.25, 0.3) is 0 Å². The van der Waals surface area contributed by atoms with Crippen LogP contribution in [0.4, 0.5) is 11.4 Å². The van der Waals surface area contributed by atoms with E-state index in [-0.39, 0.29) is 11.8 Å². The van der Waals surface area contributed by atoms with Gasteiger partial charge in [0.25, 0.3) is 0 Å². The number of benzene rings is 1. The van der Waals surface area contributed by atoms with Gasteiger partial charge in [-0.3, -0.25) is 4.79 Å². The van der Waals surface area contributed by atoms with Gasteiger partial charge in [-0.25, -0.2) is 0 Å². The van der Waals surface area contributed by atoms with E-state index in [9.17, 15) is 4.79 Å². The lowest BCUT2D eigenvalue weighted by Gasteiger charge is -2.23. The third kappa shape index (κ3) is 2.00. The summed E-state index contributed by atoms with van der Waals surface area (Å²) in [6, 6.07) is 5.56. The van der Waals surface area contributed by atoms with Gasteiger partial charge in [-0.1, -0.05) is 18.5 Å². The van der Waals surface area contributed by atoms with Gasteiger partial charge in [0.15, 0.2) is 0 Å². The molecule has 0 spiro atoms. The smallest absolute Gasteiger partial charge is 0.229 e. The number of fused-ring (bicyclic) bond motifs is 1. The Morgan fingerprint density at radius 2 is 2.31 bits per heavy atom. The third-order valence-corrected chi connectivity index (χ3v) is 3.12. The molecule has 1 aromatic carbocycles. The fourth-order valence-electron chi connectivity index (χ4n) is 1.94. The molecule has 1 heterocycles. The second-order valence-electron chi connectivity index (χ2n) is 4.09. The lowest BCUT2D eigenvalue weighted by molar-refractivity contribution is -0.119. The van der Waals surface area contributed by atoms with Crippen molar-refractivity contribution < 1.29 is 4.79 Å². The Balaban J connectivity index is 2.46. The molecule has 1 amide bonds. The molecule has 1 aliphatic heterocycles. The molecule has 1 aliphatic rings. The van der Waals surface area contributed by atoms with Gasteiger partial charge in [0.2, 0.25) is 5.91 Å². The molecule has 0 saturated carbocycles. The van der Waals surface area contributed by atoms with Gasteiger partial charge in [-0.2, -0.15) is 0 Å². The number of carbonyl (C=O) groups is 1. The number of anilines is 2. The quantitative estimate of drug-likeness (QED) is 0.816. The van der Waals surface area contributed by atoms with Crippen molar-refractivity contribution in [3.8, 4) is 0 Å². The molecular formula is C12H15ClN2O. The highest BCUT2D eigenvalue weighted by Gasteiger charge is 2.23. The first-order chi connectivity index (χ1) is 7.61. The van der Waals surface area contributed by atoms with Crippen molar-refractivity contribution in [2.24, 2.45) is 5.92 Å². The summed E-state index contributed by atoms with van der Waals surface area (Å²) < 4.78 is 0. The van der Waals surface area contributed by atoms with Crippen molar-refractivity contribution in [2.45, 2.75) is 13.8 Å². The minimum absolute atomic E-state index is 0.00822. The standard InChI is InChI=1S/C12H15ClN2O/c1-3-15-7-8(2)12(16)14-10-5-4-9(13)6-11(10)15/h4-6,8H,3,7H2,1-2H3,(H,14,16). The first kappa shape index (κ1) is 11.3. The zero-order chi connectivity index (χ0) is 11.7. The van der Waals surface area contributed by atoms with Gasteiger partial charge >= 0.3 is 0 Å². The molecule has 1 unspecified atom stereocenters. The number of amides is 1. The minimum Gasteiger partial charge on any atom is -0.369 e. The Bertz CT molecular complexity index is 419. The van der Waals surface area contributed by atoms with Gasteiger partial charge in [-0.05, 0) is 25.1 Å². The number of carbonyl (C=O) groups excluding carboxylic acids is 1. The third-order valence-electron chi connectivity index (χ3n) is 2.88. The SMILES string of the molecule is CCN1CC(C)C(=O)Nc2ccc(Cl)cc21. The fourth-order valence-corrected chi connectivity index (χ4v) is 2.11. The summed E-state index contributed by atoms with van der Waals surface area (Å²) in [4.78, 5) is 13.9. The van der Waals surface area contributed by atoms with Crippen LogP contribution in [-0.2, 0) is 4.79 Å². The minimum atomic E-state index is -0.00822. The van der Waals surface area contributed by atoms with Crippen molar-refractivity contribution in [2.75, 3.05) is 23.3 Å². The number of rotatable bonds is 1. The van der Waals surface area contributed by atoms with Gasteiger partial charge in [0.05, 0.1) is 17.3 Å². The van der Waals surface area contributed by atoms with E-state index < -0.39 is 0 Å². The lowest BCUT2D eigenvalue weighted by Crippen LogP contribution is -2.30. The summed E-state index contributed by atoms with van der Waals surface area (Å²) in [5.74, 6) is 0.0608. The van der Waals surface area contributed by atoms with E-state index in [0.717, 1.165) is 24.5 Å². The summed E-state index contributed by atoms with van der Waals surface area (Å²) >= 11 is 5.99. The van der Waals surface area contributed by atoms with Crippen molar-refractivity contribution in [3.63, 3.8) is 0 Å². The first-order valence-corrected chi connectivity index (χ1v) is 5.85. The summed E-state index contributed by atoms with van der Waals surface area (Å²) in [5.41, 5.74) is 1.85. The molecule has 0 aromatic heterocycles. The molecule has 1 atom stereocenters. The number of hydrogen-bond donors (Lipinski definition) is 1. The molecule has 1 N–H and O–H groups in total. The Kier molecular flexibility index (Phi) is 3.06. The second-order valence-corrected chi connectivity index (χ2v) is 4.53. The predicted octanol–water partition coefficient (Wildman–Crippen LogP) is 2.75. The molecule has 0 fully saturated rings. The van der Waals surface area contributed by atoms with Crippen LogP contribution in [0.3, 0.4) is 0 Å². The Hall–Kier alpha value is -1.22. The van der Waals surface area contributed by atoms with Gasteiger partial charge in [0, 0.05) is 18.1 Å². The number of nitrogens with one attached hydrogen (secondary N) is 1. The van der Waals surface area contributed by atoms with Crippen molar-refractivity contribution >= 4 is 28.9 Å². The molecule has 0 saturated heterocycles. The zero-order valence-corrected chi connectivity index (χ0v) is 10.2. The molecule has 0 radical (unpaired) electrons. The molecule has 16 heavy (non-hydrogen) atoms. The van der Waals surface area contributed by atoms with Gasteiger partial charge < -0.3 is 10.2 Å². The maximum absolute atomic E-state index is 11.8. The topological polar surface area (TPSA) is 32.3 Å². The van der Waals surface area contributed by atoms with E-state index in [1.54, 1.807) is 6.07 Å². The van der Waals surface area contributed by atoms with Crippen LogP contribution in [-0.4, -0.2) is 19.0 Å². The van der Waals surface area contributed by atoms with Crippen LogP contribution in [0, 0.1) is 5.92 Å². The maximum atomic E-state index is 11.8. The van der Waals surface area contributed by atoms with Crippen LogP contribution in [0.15, 0.2) is 18.2 Å². The summed E-state index contributed by atoms with van der Waals surface area (Å²) in [6.07, 6.45) is 0.